The van der Waals surface area contributed by atoms with Gasteiger partial charge in [-0.25, -0.2) is 9.79 Å². The Kier molecular flexibility index (Phi) is 6.19. The molecule has 170 valence electrons. The maximum Gasteiger partial charge on any atom is 0.406 e. The number of rotatable bonds is 5. The van der Waals surface area contributed by atoms with E-state index in [1.807, 2.05) is 66.7 Å². The van der Waals surface area contributed by atoms with E-state index in [0.717, 1.165) is 21.9 Å². The van der Waals surface area contributed by atoms with Crippen molar-refractivity contribution in [3.63, 3.8) is 0 Å². The lowest BCUT2D eigenvalue weighted by Gasteiger charge is -2.12. The number of aromatic nitrogens is 1. The van der Waals surface area contributed by atoms with Crippen molar-refractivity contribution in [2.24, 2.45) is 4.99 Å². The van der Waals surface area contributed by atoms with Crippen LogP contribution in [0.25, 0.3) is 10.9 Å². The van der Waals surface area contributed by atoms with Crippen molar-refractivity contribution < 1.29 is 22.7 Å². The van der Waals surface area contributed by atoms with Crippen LogP contribution in [-0.2, 0) is 11.3 Å². The zero-order chi connectivity index (χ0) is 24.3. The van der Waals surface area contributed by atoms with Gasteiger partial charge in [-0.2, -0.15) is 18.4 Å². The number of benzene rings is 3. The number of aliphatic imine (C=N–C) groups is 1. The summed E-state index contributed by atoms with van der Waals surface area (Å²) in [6.45, 7) is -1.30. The van der Waals surface area contributed by atoms with Crippen molar-refractivity contribution in [3.05, 3.63) is 101 Å². The number of alkyl halides is 3. The van der Waals surface area contributed by atoms with Crippen molar-refractivity contribution in [3.8, 4) is 6.07 Å². The summed E-state index contributed by atoms with van der Waals surface area (Å²) >= 11 is 0. The second-order valence-electron chi connectivity index (χ2n) is 7.47. The number of carbonyl (C=O) groups is 1. The highest BCUT2D eigenvalue weighted by atomic mass is 19.4. The molecular weight excluding hydrogens is 443 g/mol. The van der Waals surface area contributed by atoms with Crippen molar-refractivity contribution in [2.45, 2.75) is 12.7 Å². The summed E-state index contributed by atoms with van der Waals surface area (Å²) in [5.74, 6) is -0.751. The summed E-state index contributed by atoms with van der Waals surface area (Å²) in [5.41, 5.74) is 2.43. The molecule has 0 aliphatic rings. The normalized spacial score (nSPS) is 11.1. The minimum Gasteiger partial charge on any atom is -0.465 e. The Hall–Kier alpha value is -4.38. The highest BCUT2D eigenvalue weighted by molar-refractivity contribution is 6.15. The molecule has 0 fully saturated rings. The fourth-order valence-corrected chi connectivity index (χ4v) is 3.71. The van der Waals surface area contributed by atoms with E-state index in [4.69, 9.17) is 9.73 Å². The zero-order valence-electron chi connectivity index (χ0n) is 18.0. The molecule has 1 heterocycles. The smallest absolute Gasteiger partial charge is 0.406 e. The third kappa shape index (κ3) is 4.69. The largest absolute Gasteiger partial charge is 0.465 e. The number of hydrogen-bond donors (Lipinski definition) is 0. The SMILES string of the molecule is COC(=O)c1cc2c(cc1N=C(c1ccccc1)c1ccccc1)c(C#N)cn2CC(F)(F)F. The lowest BCUT2D eigenvalue weighted by Crippen LogP contribution is -2.17. The van der Waals surface area contributed by atoms with Gasteiger partial charge in [0, 0.05) is 22.7 Å². The predicted molar refractivity (Wildman–Crippen MR) is 122 cm³/mol. The first-order valence-electron chi connectivity index (χ1n) is 10.2. The van der Waals surface area contributed by atoms with Gasteiger partial charge in [-0.05, 0) is 12.1 Å². The molecule has 0 amide bonds. The van der Waals surface area contributed by atoms with Gasteiger partial charge in [0.2, 0.25) is 0 Å². The molecule has 0 spiro atoms. The second-order valence-corrected chi connectivity index (χ2v) is 7.47. The number of methoxy groups -OCH3 is 1. The average molecular weight is 461 g/mol. The van der Waals surface area contributed by atoms with Gasteiger partial charge in [0.1, 0.15) is 12.6 Å². The molecule has 0 radical (unpaired) electrons. The number of hydrogen-bond acceptors (Lipinski definition) is 4. The summed E-state index contributed by atoms with van der Waals surface area (Å²) in [6, 6.07) is 23.3. The van der Waals surface area contributed by atoms with E-state index in [-0.39, 0.29) is 27.7 Å². The van der Waals surface area contributed by atoms with Gasteiger partial charge in [-0.1, -0.05) is 60.7 Å². The summed E-state index contributed by atoms with van der Waals surface area (Å²) in [6.07, 6.45) is -3.38. The van der Waals surface area contributed by atoms with Crippen LogP contribution in [0.2, 0.25) is 0 Å². The van der Waals surface area contributed by atoms with E-state index in [1.165, 1.54) is 19.2 Å². The molecule has 8 heteroatoms. The Bertz CT molecular complexity index is 1380. The molecule has 5 nitrogen and oxygen atoms in total. The van der Waals surface area contributed by atoms with E-state index in [9.17, 15) is 23.2 Å². The van der Waals surface area contributed by atoms with E-state index in [2.05, 4.69) is 0 Å². The number of nitriles is 1. The van der Waals surface area contributed by atoms with Crippen molar-refractivity contribution in [1.29, 1.82) is 5.26 Å². The van der Waals surface area contributed by atoms with Crippen LogP contribution in [0.15, 0.2) is 84.0 Å². The molecule has 0 aliphatic carbocycles. The van der Waals surface area contributed by atoms with Gasteiger partial charge in [0.15, 0.2) is 0 Å². The second kappa shape index (κ2) is 9.24. The van der Waals surface area contributed by atoms with Crippen LogP contribution in [0, 0.1) is 11.3 Å². The lowest BCUT2D eigenvalue weighted by atomic mass is 10.0. The summed E-state index contributed by atoms with van der Waals surface area (Å²) < 4.78 is 45.1. The molecule has 34 heavy (non-hydrogen) atoms. The standard InChI is InChI=1S/C26H18F3N3O2/c1-34-25(33)21-13-23-20(19(14-30)15-32(23)16-26(27,28)29)12-22(21)31-24(17-8-4-2-5-9-17)18-10-6-3-7-11-18/h2-13,15H,16H2,1H3. The Morgan fingerprint density at radius 2 is 1.62 bits per heavy atom. The third-order valence-electron chi connectivity index (χ3n) is 5.20. The lowest BCUT2D eigenvalue weighted by molar-refractivity contribution is -0.139. The maximum atomic E-state index is 13.1. The first-order valence-corrected chi connectivity index (χ1v) is 10.2. The van der Waals surface area contributed by atoms with Crippen LogP contribution in [-0.4, -0.2) is 29.5 Å². The molecular formula is C26H18F3N3O2. The Balaban J connectivity index is 2.01. The monoisotopic (exact) mass is 461 g/mol. The van der Waals surface area contributed by atoms with Gasteiger partial charge < -0.3 is 9.30 Å². The Morgan fingerprint density at radius 1 is 1.03 bits per heavy atom. The third-order valence-corrected chi connectivity index (χ3v) is 5.20. The predicted octanol–water partition coefficient (Wildman–Crippen LogP) is 6.03. The average Bonchev–Trinajstić information content (AvgIpc) is 3.17. The van der Waals surface area contributed by atoms with Crippen LogP contribution < -0.4 is 0 Å². The highest BCUT2D eigenvalue weighted by Gasteiger charge is 2.29. The molecule has 0 bridgehead atoms. The minimum atomic E-state index is -4.51. The van der Waals surface area contributed by atoms with Crippen LogP contribution in [0.5, 0.6) is 0 Å². The molecule has 0 atom stereocenters. The fourth-order valence-electron chi connectivity index (χ4n) is 3.71. The zero-order valence-corrected chi connectivity index (χ0v) is 18.0. The summed E-state index contributed by atoms with van der Waals surface area (Å²) in [5, 5.41) is 9.79. The maximum absolute atomic E-state index is 13.1. The number of halogens is 3. The number of ether oxygens (including phenoxy) is 1. The molecule has 0 N–H and O–H groups in total. The number of carbonyl (C=O) groups excluding carboxylic acids is 1. The van der Waals surface area contributed by atoms with E-state index < -0.39 is 18.7 Å². The number of esters is 1. The van der Waals surface area contributed by atoms with Gasteiger partial charge in [-0.3, -0.25) is 0 Å². The molecule has 0 saturated carbocycles. The molecule has 0 saturated heterocycles. The Morgan fingerprint density at radius 3 is 2.12 bits per heavy atom. The van der Waals surface area contributed by atoms with Crippen molar-refractivity contribution >= 4 is 28.3 Å². The molecule has 0 aliphatic heterocycles. The minimum absolute atomic E-state index is 0.00891. The Labute approximate surface area is 193 Å². The van der Waals surface area contributed by atoms with Crippen LogP contribution in [0.1, 0.15) is 27.0 Å². The first kappa shape index (κ1) is 22.8. The fraction of sp³-hybridized carbons (Fsp3) is 0.115. The molecule has 3 aromatic carbocycles. The van der Waals surface area contributed by atoms with Gasteiger partial charge in [-0.15, -0.1) is 0 Å². The van der Waals surface area contributed by atoms with Crippen LogP contribution >= 0.6 is 0 Å². The van der Waals surface area contributed by atoms with Gasteiger partial charge in [0.05, 0.1) is 35.2 Å². The van der Waals surface area contributed by atoms with Crippen molar-refractivity contribution in [2.75, 3.05) is 7.11 Å². The summed E-state index contributed by atoms with van der Waals surface area (Å²) in [4.78, 5) is 17.4. The summed E-state index contributed by atoms with van der Waals surface area (Å²) in [7, 11) is 1.19. The van der Waals surface area contributed by atoms with E-state index in [0.29, 0.717) is 5.71 Å². The molecule has 4 rings (SSSR count). The molecule has 0 unspecified atom stereocenters. The van der Waals surface area contributed by atoms with E-state index in [1.54, 1.807) is 0 Å². The first-order chi connectivity index (χ1) is 16.3. The van der Waals surface area contributed by atoms with Gasteiger partial charge in [0.25, 0.3) is 0 Å². The quantitative estimate of drug-likeness (QED) is 0.269. The molecule has 1 aromatic heterocycles. The van der Waals surface area contributed by atoms with Crippen LogP contribution in [0.3, 0.4) is 0 Å². The topological polar surface area (TPSA) is 67.4 Å². The number of fused-ring (bicyclic) bond motifs is 1. The van der Waals surface area contributed by atoms with Crippen LogP contribution in [0.4, 0.5) is 18.9 Å². The van der Waals surface area contributed by atoms with Gasteiger partial charge >= 0.3 is 12.1 Å². The molecule has 4 aromatic rings. The van der Waals surface area contributed by atoms with Crippen molar-refractivity contribution in [1.82, 2.24) is 4.57 Å². The highest BCUT2D eigenvalue weighted by Crippen LogP contribution is 2.33. The van der Waals surface area contributed by atoms with E-state index >= 15 is 0 Å². The number of nitrogens with zero attached hydrogens (tertiary/aromatic N) is 3.